The van der Waals surface area contributed by atoms with Crippen LogP contribution in [0.25, 0.3) is 44.5 Å². The quantitative estimate of drug-likeness (QED) is 0.223. The van der Waals surface area contributed by atoms with E-state index in [0.29, 0.717) is 0 Å². The molecule has 5 aromatic carbocycles. The second kappa shape index (κ2) is 7.44. The Bertz CT molecular complexity index is 1570. The van der Waals surface area contributed by atoms with E-state index in [1.165, 1.54) is 55.6 Å². The van der Waals surface area contributed by atoms with Gasteiger partial charge in [-0.15, -0.1) is 0 Å². The molecular formula is C32H24N2. The molecule has 162 valence electrons. The van der Waals surface area contributed by atoms with Crippen molar-refractivity contribution in [1.29, 1.82) is 0 Å². The molecule has 0 saturated heterocycles. The van der Waals surface area contributed by atoms with Crippen LogP contribution in [0.5, 0.6) is 0 Å². The fourth-order valence-corrected chi connectivity index (χ4v) is 5.88. The average molecular weight is 437 g/mol. The monoisotopic (exact) mass is 436 g/mol. The van der Waals surface area contributed by atoms with E-state index in [9.17, 15) is 0 Å². The zero-order chi connectivity index (χ0) is 22.6. The van der Waals surface area contributed by atoms with Crippen molar-refractivity contribution in [2.75, 3.05) is 5.43 Å². The molecule has 0 fully saturated rings. The molecule has 0 aliphatic heterocycles. The van der Waals surface area contributed by atoms with Gasteiger partial charge in [0.05, 0.1) is 5.69 Å². The summed E-state index contributed by atoms with van der Waals surface area (Å²) in [4.78, 5) is 0. The molecule has 34 heavy (non-hydrogen) atoms. The number of hydrazine groups is 1. The second-order valence-corrected chi connectivity index (χ2v) is 9.25. The molecule has 3 N–H and O–H groups in total. The molecule has 0 spiro atoms. The SMILES string of the molecule is NNc1c(-c2ccccc2)cc2c(c1-c1ccccc1)Cc1cc3c(cc1-2)Cc1ccccc1-3. The highest BCUT2D eigenvalue weighted by Crippen LogP contribution is 2.51. The highest BCUT2D eigenvalue weighted by molar-refractivity contribution is 6.00. The maximum atomic E-state index is 6.21. The molecule has 0 unspecified atom stereocenters. The first-order valence-electron chi connectivity index (χ1n) is 11.8. The predicted octanol–water partition coefficient (Wildman–Crippen LogP) is 7.45. The summed E-state index contributed by atoms with van der Waals surface area (Å²) in [5, 5.41) is 0. The molecule has 5 aromatic rings. The van der Waals surface area contributed by atoms with Gasteiger partial charge in [0.15, 0.2) is 0 Å². The molecule has 0 radical (unpaired) electrons. The van der Waals surface area contributed by atoms with Crippen molar-refractivity contribution in [1.82, 2.24) is 0 Å². The summed E-state index contributed by atoms with van der Waals surface area (Å²) in [5.74, 6) is 6.21. The first-order chi connectivity index (χ1) is 16.8. The normalized spacial score (nSPS) is 12.6. The molecule has 2 heteroatoms. The van der Waals surface area contributed by atoms with E-state index in [1.807, 2.05) is 0 Å². The highest BCUT2D eigenvalue weighted by atomic mass is 15.2. The number of rotatable bonds is 3. The zero-order valence-corrected chi connectivity index (χ0v) is 18.8. The van der Waals surface area contributed by atoms with Crippen LogP contribution in [0.3, 0.4) is 0 Å². The second-order valence-electron chi connectivity index (χ2n) is 9.25. The van der Waals surface area contributed by atoms with E-state index in [-0.39, 0.29) is 0 Å². The molecule has 0 bridgehead atoms. The van der Waals surface area contributed by atoms with E-state index < -0.39 is 0 Å². The maximum absolute atomic E-state index is 6.21. The van der Waals surface area contributed by atoms with Crippen LogP contribution < -0.4 is 11.3 Å². The summed E-state index contributed by atoms with van der Waals surface area (Å²) in [6.45, 7) is 0. The molecule has 2 aliphatic carbocycles. The van der Waals surface area contributed by atoms with Gasteiger partial charge in [0, 0.05) is 11.1 Å². The summed E-state index contributed by atoms with van der Waals surface area (Å²) in [5.41, 5.74) is 19.8. The van der Waals surface area contributed by atoms with Crippen molar-refractivity contribution < 1.29 is 0 Å². The molecule has 0 atom stereocenters. The number of hydrogen-bond donors (Lipinski definition) is 2. The van der Waals surface area contributed by atoms with Gasteiger partial charge in [-0.2, -0.15) is 0 Å². The Morgan fingerprint density at radius 2 is 1.12 bits per heavy atom. The third-order valence-electron chi connectivity index (χ3n) is 7.40. The van der Waals surface area contributed by atoms with Gasteiger partial charge >= 0.3 is 0 Å². The van der Waals surface area contributed by atoms with Gasteiger partial charge in [0.1, 0.15) is 0 Å². The smallest absolute Gasteiger partial charge is 0.0645 e. The molecule has 0 heterocycles. The Kier molecular flexibility index (Phi) is 4.23. The van der Waals surface area contributed by atoms with E-state index in [2.05, 4.69) is 109 Å². The van der Waals surface area contributed by atoms with Gasteiger partial charge in [-0.05, 0) is 86.7 Å². The molecule has 7 rings (SSSR count). The summed E-state index contributed by atoms with van der Waals surface area (Å²) in [6.07, 6.45) is 1.92. The summed E-state index contributed by atoms with van der Waals surface area (Å²) >= 11 is 0. The number of nitrogen functional groups attached to an aromatic ring is 1. The molecule has 0 amide bonds. The van der Waals surface area contributed by atoms with E-state index >= 15 is 0 Å². The Morgan fingerprint density at radius 3 is 1.85 bits per heavy atom. The molecule has 2 aliphatic rings. The van der Waals surface area contributed by atoms with Crippen molar-refractivity contribution in [3.63, 3.8) is 0 Å². The number of hydrogen-bond acceptors (Lipinski definition) is 2. The number of nitrogens with two attached hydrogens (primary N) is 1. The minimum Gasteiger partial charge on any atom is -0.323 e. The average Bonchev–Trinajstić information content (AvgIpc) is 3.44. The van der Waals surface area contributed by atoms with E-state index in [4.69, 9.17) is 5.84 Å². The molecule has 0 saturated carbocycles. The Hall–Kier alpha value is -4.14. The summed E-state index contributed by atoms with van der Waals surface area (Å²) in [6, 6.07) is 37.2. The van der Waals surface area contributed by atoms with Crippen LogP contribution in [-0.2, 0) is 12.8 Å². The predicted molar refractivity (Wildman–Crippen MR) is 142 cm³/mol. The lowest BCUT2D eigenvalue weighted by Gasteiger charge is -2.20. The first-order valence-corrected chi connectivity index (χ1v) is 11.8. The van der Waals surface area contributed by atoms with Crippen LogP contribution in [0.2, 0.25) is 0 Å². The number of benzene rings is 5. The van der Waals surface area contributed by atoms with Gasteiger partial charge in [-0.25, -0.2) is 0 Å². The fourth-order valence-electron chi connectivity index (χ4n) is 5.88. The molecule has 2 nitrogen and oxygen atoms in total. The van der Waals surface area contributed by atoms with Crippen molar-refractivity contribution in [2.45, 2.75) is 12.8 Å². The third kappa shape index (κ3) is 2.79. The van der Waals surface area contributed by atoms with Crippen LogP contribution in [0.15, 0.2) is 103 Å². The van der Waals surface area contributed by atoms with Crippen molar-refractivity contribution in [3.05, 3.63) is 125 Å². The van der Waals surface area contributed by atoms with Gasteiger partial charge in [-0.1, -0.05) is 84.9 Å². The summed E-state index contributed by atoms with van der Waals surface area (Å²) < 4.78 is 0. The number of anilines is 1. The van der Waals surface area contributed by atoms with Crippen LogP contribution in [-0.4, -0.2) is 0 Å². The topological polar surface area (TPSA) is 38.0 Å². The van der Waals surface area contributed by atoms with Crippen LogP contribution >= 0.6 is 0 Å². The lowest BCUT2D eigenvalue weighted by Crippen LogP contribution is -2.11. The standard InChI is InChI=1S/C32H24N2/c33-34-32-28(20-9-3-1-4-10-20)19-29-27-16-23-15-22-13-7-8-14-25(22)26(23)17-24(27)18-30(29)31(32)21-11-5-2-6-12-21/h1-14,16-17,19,34H,15,18,33H2. The van der Waals surface area contributed by atoms with E-state index in [1.54, 1.807) is 0 Å². The van der Waals surface area contributed by atoms with Gasteiger partial charge in [-0.3, -0.25) is 5.84 Å². The minimum atomic E-state index is 0.911. The Labute approximate surface area is 199 Å². The largest absolute Gasteiger partial charge is 0.323 e. The van der Waals surface area contributed by atoms with Crippen molar-refractivity contribution in [2.24, 2.45) is 5.84 Å². The zero-order valence-electron chi connectivity index (χ0n) is 18.8. The highest BCUT2D eigenvalue weighted by Gasteiger charge is 2.29. The van der Waals surface area contributed by atoms with Gasteiger partial charge in [0.2, 0.25) is 0 Å². The lowest BCUT2D eigenvalue weighted by atomic mass is 9.88. The third-order valence-corrected chi connectivity index (χ3v) is 7.40. The number of nitrogens with one attached hydrogen (secondary N) is 1. The molecule has 0 aromatic heterocycles. The molecular weight excluding hydrogens is 412 g/mol. The summed E-state index contributed by atoms with van der Waals surface area (Å²) in [7, 11) is 0. The fraction of sp³-hybridized carbons (Fsp3) is 0.0625. The van der Waals surface area contributed by atoms with Crippen molar-refractivity contribution in [3.8, 4) is 44.5 Å². The minimum absolute atomic E-state index is 0.911. The van der Waals surface area contributed by atoms with E-state index in [0.717, 1.165) is 29.7 Å². The van der Waals surface area contributed by atoms with Crippen molar-refractivity contribution >= 4 is 5.69 Å². The van der Waals surface area contributed by atoms with Gasteiger partial charge in [0.25, 0.3) is 0 Å². The van der Waals surface area contributed by atoms with Crippen LogP contribution in [0.4, 0.5) is 5.69 Å². The van der Waals surface area contributed by atoms with Crippen LogP contribution in [0, 0.1) is 0 Å². The van der Waals surface area contributed by atoms with Crippen LogP contribution in [0.1, 0.15) is 22.3 Å². The lowest BCUT2D eigenvalue weighted by molar-refractivity contribution is 1.24. The first kappa shape index (κ1) is 19.3. The Balaban J connectivity index is 1.50. The van der Waals surface area contributed by atoms with Gasteiger partial charge < -0.3 is 5.43 Å². The Morgan fingerprint density at radius 1 is 0.500 bits per heavy atom. The number of fused-ring (bicyclic) bond motifs is 6. The maximum Gasteiger partial charge on any atom is 0.0645 e.